The number of pyridine rings is 1. The molecule has 62 heavy (non-hydrogen) atoms. The van der Waals surface area contributed by atoms with Crippen molar-refractivity contribution in [1.29, 1.82) is 0 Å². The number of rotatable bonds is 15. The van der Waals surface area contributed by atoms with E-state index in [2.05, 4.69) is 44.5 Å². The van der Waals surface area contributed by atoms with E-state index in [9.17, 15) is 23.3 Å². The Kier molecular flexibility index (Phi) is 10.9. The third kappa shape index (κ3) is 8.24. The molecule has 5 heterocycles. The monoisotopic (exact) mass is 855 g/mol. The smallest absolute Gasteiger partial charge is 0.293 e. The summed E-state index contributed by atoms with van der Waals surface area (Å²) in [5, 5.41) is 20.8. The van der Waals surface area contributed by atoms with E-state index in [0.717, 1.165) is 60.7 Å². The molecular weight excluding hydrogens is 807 g/mol. The third-order valence-electron chi connectivity index (χ3n) is 13.2. The van der Waals surface area contributed by atoms with E-state index in [1.807, 2.05) is 23.1 Å². The minimum Gasteiger partial charge on any atom is -0.455 e. The molecule has 4 fully saturated rings. The molecule has 2 saturated carbocycles. The molecule has 15 heteroatoms. The van der Waals surface area contributed by atoms with Gasteiger partial charge in [-0.1, -0.05) is 30.3 Å². The number of ether oxygens (including phenoxy) is 2. The largest absolute Gasteiger partial charge is 0.455 e. The van der Waals surface area contributed by atoms with Gasteiger partial charge in [0, 0.05) is 61.3 Å². The van der Waals surface area contributed by atoms with Crippen LogP contribution in [0.1, 0.15) is 90.9 Å². The average Bonchev–Trinajstić information content (AvgIpc) is 3.57. The quantitative estimate of drug-likeness (QED) is 0.0573. The number of aromatic amines is 1. The molecule has 0 radical (unpaired) electrons. The summed E-state index contributed by atoms with van der Waals surface area (Å²) >= 11 is 0. The maximum atomic E-state index is 14.0. The number of carbonyl (C=O) groups excluding carboxylic acids is 1. The zero-order valence-corrected chi connectivity index (χ0v) is 35.1. The highest BCUT2D eigenvalue weighted by molar-refractivity contribution is 7.92. The lowest BCUT2D eigenvalue weighted by Crippen LogP contribution is -2.45. The van der Waals surface area contributed by atoms with Gasteiger partial charge in [-0.05, 0) is 123 Å². The Morgan fingerprint density at radius 1 is 0.935 bits per heavy atom. The molecule has 3 aromatic carbocycles. The molecule has 320 valence electrons. The molecule has 1 atom stereocenters. The Hall–Kier alpha value is -5.90. The molecule has 0 amide bonds. The molecule has 4 aliphatic rings. The number of ketones is 1. The van der Waals surface area contributed by atoms with E-state index in [4.69, 9.17) is 14.6 Å². The first kappa shape index (κ1) is 40.2. The van der Waals surface area contributed by atoms with Gasteiger partial charge < -0.3 is 19.8 Å². The summed E-state index contributed by atoms with van der Waals surface area (Å²) in [6.07, 6.45) is 15.9. The predicted molar refractivity (Wildman–Crippen MR) is 235 cm³/mol. The van der Waals surface area contributed by atoms with Gasteiger partial charge in [0.05, 0.1) is 33.8 Å². The zero-order chi connectivity index (χ0) is 42.4. The van der Waals surface area contributed by atoms with Crippen LogP contribution in [0, 0.1) is 16.0 Å². The van der Waals surface area contributed by atoms with Crippen LogP contribution in [0.3, 0.4) is 0 Å². The first-order chi connectivity index (χ1) is 30.2. The van der Waals surface area contributed by atoms with Crippen LogP contribution in [-0.4, -0.2) is 81.9 Å². The van der Waals surface area contributed by atoms with E-state index < -0.39 is 26.3 Å². The van der Waals surface area contributed by atoms with Crippen molar-refractivity contribution in [2.45, 2.75) is 80.3 Å². The number of fused-ring (bicyclic) bond motifs is 1. The highest BCUT2D eigenvalue weighted by Gasteiger charge is 2.42. The summed E-state index contributed by atoms with van der Waals surface area (Å²) < 4.78 is 41.3. The number of sulfone groups is 1. The lowest BCUT2D eigenvalue weighted by Gasteiger charge is -2.44. The molecule has 0 unspecified atom stereocenters. The second-order valence-electron chi connectivity index (χ2n) is 17.2. The Morgan fingerprint density at radius 3 is 2.56 bits per heavy atom. The Morgan fingerprint density at radius 2 is 1.76 bits per heavy atom. The lowest BCUT2D eigenvalue weighted by molar-refractivity contribution is -0.384. The first-order valence-electron chi connectivity index (χ1n) is 21.7. The number of hydrogen-bond donors (Lipinski definition) is 2. The van der Waals surface area contributed by atoms with Gasteiger partial charge in [-0.15, -0.1) is 0 Å². The van der Waals surface area contributed by atoms with Gasteiger partial charge in [-0.25, -0.2) is 13.4 Å². The van der Waals surface area contributed by atoms with Crippen molar-refractivity contribution >= 4 is 38.0 Å². The van der Waals surface area contributed by atoms with Gasteiger partial charge in [0.1, 0.15) is 28.6 Å². The Bertz CT molecular complexity index is 2750. The number of nitro benzene ring substituents is 1. The van der Waals surface area contributed by atoms with Crippen LogP contribution in [-0.2, 0) is 14.6 Å². The van der Waals surface area contributed by atoms with Crippen LogP contribution in [0.5, 0.6) is 11.5 Å². The molecule has 2 aliphatic carbocycles. The second-order valence-corrected chi connectivity index (χ2v) is 19.2. The van der Waals surface area contributed by atoms with Crippen LogP contribution < -0.4 is 10.1 Å². The fourth-order valence-corrected chi connectivity index (χ4v) is 10.8. The van der Waals surface area contributed by atoms with Crippen molar-refractivity contribution in [3.63, 3.8) is 0 Å². The fraction of sp³-hybridized carbons (Fsp3) is 0.383. The van der Waals surface area contributed by atoms with Crippen LogP contribution in [0.15, 0.2) is 102 Å². The average molecular weight is 856 g/mol. The lowest BCUT2D eigenvalue weighted by atomic mass is 9.84. The third-order valence-corrected chi connectivity index (χ3v) is 14.8. The van der Waals surface area contributed by atoms with Gasteiger partial charge in [0.15, 0.2) is 15.6 Å². The van der Waals surface area contributed by atoms with Crippen molar-refractivity contribution < 1.29 is 27.6 Å². The van der Waals surface area contributed by atoms with Crippen molar-refractivity contribution in [3.8, 4) is 22.6 Å². The number of aromatic nitrogens is 4. The molecule has 2 saturated heterocycles. The summed E-state index contributed by atoms with van der Waals surface area (Å²) in [6, 6.07) is 22.7. The second kappa shape index (κ2) is 16.8. The van der Waals surface area contributed by atoms with Gasteiger partial charge >= 0.3 is 0 Å². The maximum absolute atomic E-state index is 14.0. The molecule has 10 rings (SSSR count). The summed E-state index contributed by atoms with van der Waals surface area (Å²) in [5.74, 6) is -0.117. The minimum atomic E-state index is -4.31. The number of hydrogen-bond acceptors (Lipinski definition) is 11. The van der Waals surface area contributed by atoms with Crippen LogP contribution in [0.25, 0.3) is 22.2 Å². The summed E-state index contributed by atoms with van der Waals surface area (Å²) in [6.45, 7) is 2.89. The molecule has 0 spiro atoms. The SMILES string of the molecule is O=C(CS(=O)(=O)c1ccc(NCC2CCOCC2)c([N+](=O)[O-])c1)c1ccc(-c2cnn(C3CC(N4CCC[C@H]4c4ccccc4C4CC4)C3)c2)cc1Oc1cnc2[nH]ccc2c1. The van der Waals surface area contributed by atoms with Gasteiger partial charge in [-0.2, -0.15) is 5.10 Å². The summed E-state index contributed by atoms with van der Waals surface area (Å²) in [5.41, 5.74) is 5.20. The minimum absolute atomic E-state index is 0.0494. The number of H-pyrrole nitrogens is 1. The highest BCUT2D eigenvalue weighted by atomic mass is 32.2. The molecule has 3 aromatic heterocycles. The topological polar surface area (TPSA) is 175 Å². The van der Waals surface area contributed by atoms with E-state index in [1.165, 1.54) is 49.6 Å². The van der Waals surface area contributed by atoms with Crippen molar-refractivity contribution in [3.05, 3.63) is 124 Å². The first-order valence-corrected chi connectivity index (χ1v) is 23.3. The molecule has 14 nitrogen and oxygen atoms in total. The number of nitrogens with zero attached hydrogens (tertiary/aromatic N) is 5. The standard InChI is InChI=1S/C47H49N7O7S/c55-45(29-62(58,59)38-10-12-42(44(24-38)54(56)57)49-25-30-14-18-60-19-15-30)41-11-9-32(21-46(41)61-37-20-33-13-16-48-47(33)50-27-37)34-26-51-53(28-34)36-22-35(23-36)52-17-3-6-43(52)40-5-2-1-4-39(40)31-7-8-31/h1-2,4-5,9-13,16,20-21,24,26-28,30-31,35-36,43,49H,3,6-8,14-15,17-19,22-23,25,29H2,(H,48,50)/t35?,36?,43-/m0/s1. The van der Waals surface area contributed by atoms with Crippen molar-refractivity contribution in [2.24, 2.45) is 5.92 Å². The number of benzene rings is 3. The maximum Gasteiger partial charge on any atom is 0.293 e. The molecular formula is C47H49N7O7S. The Labute approximate surface area is 359 Å². The van der Waals surface area contributed by atoms with Gasteiger partial charge in [0.2, 0.25) is 0 Å². The fourth-order valence-electron chi connectivity index (χ4n) is 9.54. The number of anilines is 1. The number of nitro groups is 1. The molecule has 6 aromatic rings. The number of likely N-dealkylation sites (tertiary alicyclic amines) is 1. The number of nitrogens with one attached hydrogen (secondary N) is 2. The zero-order valence-electron chi connectivity index (χ0n) is 34.3. The van der Waals surface area contributed by atoms with E-state index in [-0.39, 0.29) is 39.5 Å². The summed E-state index contributed by atoms with van der Waals surface area (Å²) in [4.78, 5) is 35.4. The normalized spacial score (nSPS) is 20.9. The van der Waals surface area contributed by atoms with Crippen molar-refractivity contribution in [1.82, 2.24) is 24.6 Å². The Balaban J connectivity index is 0.870. The van der Waals surface area contributed by atoms with Crippen molar-refractivity contribution in [2.75, 3.05) is 37.4 Å². The van der Waals surface area contributed by atoms with Crippen LogP contribution >= 0.6 is 0 Å². The number of Topliss-reactive ketones (excluding diaryl/α,β-unsaturated/α-hetero) is 1. The van der Waals surface area contributed by atoms with E-state index >= 15 is 0 Å². The predicted octanol–water partition coefficient (Wildman–Crippen LogP) is 9.04. The molecule has 2 N–H and O–H groups in total. The van der Waals surface area contributed by atoms with Crippen LogP contribution in [0.4, 0.5) is 11.4 Å². The van der Waals surface area contributed by atoms with Gasteiger partial charge in [0.25, 0.3) is 5.69 Å². The number of carbonyl (C=O) groups is 1. The highest BCUT2D eigenvalue weighted by Crippen LogP contribution is 2.48. The van der Waals surface area contributed by atoms with E-state index in [1.54, 1.807) is 36.0 Å². The summed E-state index contributed by atoms with van der Waals surface area (Å²) in [7, 11) is -4.31. The van der Waals surface area contributed by atoms with E-state index in [0.29, 0.717) is 43.2 Å². The van der Waals surface area contributed by atoms with Crippen LogP contribution in [0.2, 0.25) is 0 Å². The van der Waals surface area contributed by atoms with Gasteiger partial charge in [-0.3, -0.25) is 24.5 Å². The molecule has 2 aliphatic heterocycles. The molecule has 0 bridgehead atoms.